The predicted octanol–water partition coefficient (Wildman–Crippen LogP) is 4.15. The Morgan fingerprint density at radius 3 is 2.07 bits per heavy atom. The first-order valence-electron chi connectivity index (χ1n) is 12.2. The number of aliphatic hydroxyl groups is 1. The minimum atomic E-state index is -0.463. The number of nitrogens with zero attached hydrogens (tertiary/aromatic N) is 1. The van der Waals surface area contributed by atoms with Crippen molar-refractivity contribution in [2.75, 3.05) is 33.3 Å². The highest BCUT2D eigenvalue weighted by Crippen LogP contribution is 2.60. The van der Waals surface area contributed by atoms with Crippen LogP contribution in [0.1, 0.15) is 57.9 Å². The van der Waals surface area contributed by atoms with Crippen LogP contribution in [0.5, 0.6) is 5.75 Å². The molecule has 1 aromatic rings. The van der Waals surface area contributed by atoms with Gasteiger partial charge in [0.1, 0.15) is 50.3 Å². The molecular weight excluding hydrogens is 374 g/mol. The van der Waals surface area contributed by atoms with Gasteiger partial charge in [0.05, 0.1) is 7.05 Å². The number of ether oxygens (including phenoxy) is 2. The number of rotatable bonds is 6. The summed E-state index contributed by atoms with van der Waals surface area (Å²) in [5.74, 6) is 3.79. The number of morpholine rings is 1. The lowest BCUT2D eigenvalue weighted by atomic mass is 9.48. The van der Waals surface area contributed by atoms with Crippen molar-refractivity contribution < 1.29 is 19.1 Å². The SMILES string of the molecule is CC1C[N+](C)(CC(O)COc2ccc(C34CC5CC(CC(C5)C3)C4)cc2)CC(C)O1. The van der Waals surface area contributed by atoms with Crippen molar-refractivity contribution in [3.8, 4) is 5.75 Å². The summed E-state index contributed by atoms with van der Waals surface area (Å²) < 4.78 is 12.7. The van der Waals surface area contributed by atoms with E-state index >= 15 is 0 Å². The van der Waals surface area contributed by atoms with Gasteiger partial charge in [0.2, 0.25) is 0 Å². The van der Waals surface area contributed by atoms with E-state index in [1.807, 2.05) is 0 Å². The Balaban J connectivity index is 1.17. The van der Waals surface area contributed by atoms with Crippen molar-refractivity contribution >= 4 is 0 Å². The van der Waals surface area contributed by atoms with Crippen LogP contribution in [0.15, 0.2) is 24.3 Å². The zero-order valence-electron chi connectivity index (χ0n) is 19.1. The molecule has 0 spiro atoms. The number of hydrogen-bond acceptors (Lipinski definition) is 3. The van der Waals surface area contributed by atoms with Crippen LogP contribution >= 0.6 is 0 Å². The molecule has 1 aromatic carbocycles. The van der Waals surface area contributed by atoms with Gasteiger partial charge in [0.15, 0.2) is 0 Å². The molecule has 0 aromatic heterocycles. The van der Waals surface area contributed by atoms with Crippen LogP contribution < -0.4 is 4.74 Å². The van der Waals surface area contributed by atoms with E-state index in [1.165, 1.54) is 44.1 Å². The lowest BCUT2D eigenvalue weighted by molar-refractivity contribution is -0.926. The smallest absolute Gasteiger partial charge is 0.137 e. The van der Waals surface area contributed by atoms with Gasteiger partial charge in [-0.1, -0.05) is 12.1 Å². The zero-order valence-corrected chi connectivity index (χ0v) is 19.1. The molecule has 4 nitrogen and oxygen atoms in total. The van der Waals surface area contributed by atoms with E-state index in [2.05, 4.69) is 45.2 Å². The van der Waals surface area contributed by atoms with Gasteiger partial charge >= 0.3 is 0 Å². The first kappa shape index (κ1) is 20.8. The molecule has 4 heteroatoms. The van der Waals surface area contributed by atoms with Gasteiger partial charge in [0, 0.05) is 0 Å². The second kappa shape index (κ2) is 7.79. The molecule has 3 unspecified atom stereocenters. The Morgan fingerprint density at radius 2 is 1.53 bits per heavy atom. The molecule has 1 saturated heterocycles. The zero-order chi connectivity index (χ0) is 20.9. The Labute approximate surface area is 182 Å². The number of aliphatic hydroxyl groups excluding tert-OH is 1. The number of quaternary nitrogens is 1. The lowest BCUT2D eigenvalue weighted by Gasteiger charge is -2.57. The molecule has 166 valence electrons. The minimum absolute atomic E-state index is 0.240. The Morgan fingerprint density at radius 1 is 1.00 bits per heavy atom. The van der Waals surface area contributed by atoms with Crippen molar-refractivity contribution in [2.45, 2.75) is 76.1 Å². The van der Waals surface area contributed by atoms with Crippen LogP contribution in [0, 0.1) is 17.8 Å². The Kier molecular flexibility index (Phi) is 5.40. The molecule has 5 aliphatic rings. The molecular formula is C26H40NO3+. The molecule has 5 fully saturated rings. The van der Waals surface area contributed by atoms with Crippen LogP contribution in [0.4, 0.5) is 0 Å². The topological polar surface area (TPSA) is 38.7 Å². The average Bonchev–Trinajstić information content (AvgIpc) is 2.64. The maximum absolute atomic E-state index is 10.6. The summed E-state index contributed by atoms with van der Waals surface area (Å²) in [6.07, 6.45) is 8.67. The third-order valence-electron chi connectivity index (χ3n) is 8.46. The third-order valence-corrected chi connectivity index (χ3v) is 8.46. The van der Waals surface area contributed by atoms with Gasteiger partial charge in [-0.3, -0.25) is 0 Å². The van der Waals surface area contributed by atoms with E-state index < -0.39 is 6.10 Å². The second-order valence-corrected chi connectivity index (χ2v) is 11.6. The number of hydrogen-bond donors (Lipinski definition) is 1. The van der Waals surface area contributed by atoms with E-state index in [0.717, 1.165) is 41.1 Å². The molecule has 3 atom stereocenters. The normalized spacial score (nSPS) is 43.5. The largest absolute Gasteiger partial charge is 0.491 e. The van der Waals surface area contributed by atoms with E-state index in [-0.39, 0.29) is 12.2 Å². The van der Waals surface area contributed by atoms with Crippen LogP contribution in [0.3, 0.4) is 0 Å². The molecule has 4 aliphatic carbocycles. The first-order valence-corrected chi connectivity index (χ1v) is 12.2. The van der Waals surface area contributed by atoms with Crippen molar-refractivity contribution in [3.05, 3.63) is 29.8 Å². The molecule has 6 rings (SSSR count). The summed E-state index contributed by atoms with van der Waals surface area (Å²) in [5.41, 5.74) is 1.97. The fraction of sp³-hybridized carbons (Fsp3) is 0.769. The molecule has 4 saturated carbocycles. The monoisotopic (exact) mass is 414 g/mol. The van der Waals surface area contributed by atoms with Gasteiger partial charge in [-0.25, -0.2) is 0 Å². The van der Waals surface area contributed by atoms with E-state index in [1.54, 1.807) is 0 Å². The molecule has 30 heavy (non-hydrogen) atoms. The quantitative estimate of drug-likeness (QED) is 0.711. The third kappa shape index (κ3) is 4.16. The van der Waals surface area contributed by atoms with Crippen LogP contribution in [-0.4, -0.2) is 61.2 Å². The molecule has 0 radical (unpaired) electrons. The second-order valence-electron chi connectivity index (χ2n) is 11.6. The van der Waals surface area contributed by atoms with E-state index in [0.29, 0.717) is 18.6 Å². The summed E-state index contributed by atoms with van der Waals surface area (Å²) in [7, 11) is 2.22. The molecule has 1 N–H and O–H groups in total. The summed E-state index contributed by atoms with van der Waals surface area (Å²) in [4.78, 5) is 0. The fourth-order valence-electron chi connectivity index (χ4n) is 8.07. The summed E-state index contributed by atoms with van der Waals surface area (Å²) in [6.45, 7) is 7.21. The maximum atomic E-state index is 10.6. The van der Waals surface area contributed by atoms with Crippen molar-refractivity contribution in [2.24, 2.45) is 17.8 Å². The maximum Gasteiger partial charge on any atom is 0.137 e. The van der Waals surface area contributed by atoms with Crippen LogP contribution in [0.2, 0.25) is 0 Å². The standard InChI is InChI=1S/C26H40NO3/c1-18-14-27(3,15-19(2)30-18)16-24(28)17-29-25-6-4-23(5-7-25)26-11-20-8-21(12-26)10-22(9-20)13-26/h4-7,18-22,24,28H,8-17H2,1-3H3/q+1. The molecule has 4 bridgehead atoms. The number of likely N-dealkylation sites (N-methyl/N-ethyl adjacent to an activating group) is 1. The van der Waals surface area contributed by atoms with Crippen molar-refractivity contribution in [1.82, 2.24) is 0 Å². The number of benzene rings is 1. The average molecular weight is 415 g/mol. The fourth-order valence-corrected chi connectivity index (χ4v) is 8.07. The summed E-state index contributed by atoms with van der Waals surface area (Å²) in [6, 6.07) is 8.90. The van der Waals surface area contributed by atoms with Gasteiger partial charge in [-0.2, -0.15) is 0 Å². The Hall–Kier alpha value is -1.10. The molecule has 0 amide bonds. The summed E-state index contributed by atoms with van der Waals surface area (Å²) >= 11 is 0. The molecule has 1 aliphatic heterocycles. The van der Waals surface area contributed by atoms with Crippen molar-refractivity contribution in [1.29, 1.82) is 0 Å². The Bertz CT molecular complexity index is 700. The van der Waals surface area contributed by atoms with Gasteiger partial charge in [-0.05, 0) is 93.2 Å². The van der Waals surface area contributed by atoms with Crippen LogP contribution in [0.25, 0.3) is 0 Å². The predicted molar refractivity (Wildman–Crippen MR) is 119 cm³/mol. The molecule has 1 heterocycles. The van der Waals surface area contributed by atoms with E-state index in [9.17, 15) is 5.11 Å². The van der Waals surface area contributed by atoms with E-state index in [4.69, 9.17) is 9.47 Å². The van der Waals surface area contributed by atoms with Crippen LogP contribution in [-0.2, 0) is 10.2 Å². The highest BCUT2D eigenvalue weighted by molar-refractivity contribution is 5.34. The van der Waals surface area contributed by atoms with Gasteiger partial charge in [0.25, 0.3) is 0 Å². The minimum Gasteiger partial charge on any atom is -0.491 e. The summed E-state index contributed by atoms with van der Waals surface area (Å²) in [5, 5.41) is 10.6. The van der Waals surface area contributed by atoms with Crippen molar-refractivity contribution in [3.63, 3.8) is 0 Å². The van der Waals surface area contributed by atoms with Gasteiger partial charge in [-0.15, -0.1) is 0 Å². The highest BCUT2D eigenvalue weighted by atomic mass is 16.5. The lowest BCUT2D eigenvalue weighted by Crippen LogP contribution is -2.60. The highest BCUT2D eigenvalue weighted by Gasteiger charge is 2.51. The van der Waals surface area contributed by atoms with Gasteiger partial charge < -0.3 is 19.1 Å². The first-order chi connectivity index (χ1) is 14.3.